The summed E-state index contributed by atoms with van der Waals surface area (Å²) >= 11 is 0. The number of aryl methyl sites for hydroxylation is 2. The minimum absolute atomic E-state index is 0.00951. The molecule has 1 aromatic heterocycles. The van der Waals surface area contributed by atoms with Crippen LogP contribution in [0.15, 0.2) is 27.6 Å². The van der Waals surface area contributed by atoms with Crippen LogP contribution in [0, 0.1) is 13.8 Å². The van der Waals surface area contributed by atoms with E-state index in [1.165, 1.54) is 0 Å². The minimum Gasteiger partial charge on any atom is -0.486 e. The first kappa shape index (κ1) is 20.7. The largest absolute Gasteiger partial charge is 0.486 e. The molecule has 2 aliphatic rings. The van der Waals surface area contributed by atoms with Crippen molar-refractivity contribution >= 4 is 15.9 Å². The van der Waals surface area contributed by atoms with Crippen molar-refractivity contribution in [2.75, 3.05) is 26.3 Å². The van der Waals surface area contributed by atoms with Crippen molar-refractivity contribution in [3.63, 3.8) is 0 Å². The number of likely N-dealkylation sites (tertiary alicyclic amines) is 1. The summed E-state index contributed by atoms with van der Waals surface area (Å²) in [6, 6.07) is 5.73. The molecule has 2 aliphatic heterocycles. The molecule has 1 saturated heterocycles. The van der Waals surface area contributed by atoms with Gasteiger partial charge < -0.3 is 18.9 Å². The Morgan fingerprint density at radius 3 is 2.73 bits per heavy atom. The highest BCUT2D eigenvalue weighted by molar-refractivity contribution is 7.89. The zero-order chi connectivity index (χ0) is 21.3. The topological polar surface area (TPSA) is 111 Å². The Bertz CT molecular complexity index is 1030. The van der Waals surface area contributed by atoms with Gasteiger partial charge in [0.15, 0.2) is 17.3 Å². The van der Waals surface area contributed by atoms with Gasteiger partial charge in [0.2, 0.25) is 15.9 Å². The molecule has 2 aromatic rings. The number of fused-ring (bicyclic) bond motifs is 1. The number of nitrogens with zero attached hydrogens (tertiary/aromatic N) is 2. The van der Waals surface area contributed by atoms with E-state index >= 15 is 0 Å². The van der Waals surface area contributed by atoms with Gasteiger partial charge in [-0.25, -0.2) is 13.1 Å². The molecule has 0 unspecified atom stereocenters. The van der Waals surface area contributed by atoms with Gasteiger partial charge in [0, 0.05) is 19.5 Å². The maximum atomic E-state index is 12.8. The Morgan fingerprint density at radius 1 is 1.23 bits per heavy atom. The van der Waals surface area contributed by atoms with Crippen LogP contribution in [0.2, 0.25) is 0 Å². The van der Waals surface area contributed by atoms with Crippen LogP contribution in [0.25, 0.3) is 0 Å². The lowest BCUT2D eigenvalue weighted by Crippen LogP contribution is -2.34. The van der Waals surface area contributed by atoms with E-state index in [0.29, 0.717) is 31.2 Å². The first-order valence-electron chi connectivity index (χ1n) is 9.98. The molecule has 0 spiro atoms. The molecule has 1 atom stereocenters. The van der Waals surface area contributed by atoms with Gasteiger partial charge >= 0.3 is 0 Å². The van der Waals surface area contributed by atoms with E-state index in [-0.39, 0.29) is 35.6 Å². The Hall–Kier alpha value is -2.59. The summed E-state index contributed by atoms with van der Waals surface area (Å²) in [6.45, 7) is 4.81. The van der Waals surface area contributed by atoms with Gasteiger partial charge in [-0.3, -0.25) is 4.79 Å². The highest BCUT2D eigenvalue weighted by Crippen LogP contribution is 2.38. The summed E-state index contributed by atoms with van der Waals surface area (Å²) in [5, 5.41) is 3.67. The molecule has 0 bridgehead atoms. The number of sulfonamides is 1. The molecule has 9 nitrogen and oxygen atoms in total. The maximum absolute atomic E-state index is 12.8. The second-order valence-electron chi connectivity index (χ2n) is 7.45. The average Bonchev–Trinajstić information content (AvgIpc) is 3.34. The van der Waals surface area contributed by atoms with E-state index in [1.807, 2.05) is 23.1 Å². The fraction of sp³-hybridized carbons (Fsp3) is 0.500. The van der Waals surface area contributed by atoms with Gasteiger partial charge in [0.25, 0.3) is 0 Å². The van der Waals surface area contributed by atoms with Crippen LogP contribution in [-0.4, -0.2) is 50.7 Å². The van der Waals surface area contributed by atoms with Crippen molar-refractivity contribution in [1.29, 1.82) is 0 Å². The van der Waals surface area contributed by atoms with E-state index < -0.39 is 10.0 Å². The predicted molar refractivity (Wildman–Crippen MR) is 107 cm³/mol. The Kier molecular flexibility index (Phi) is 5.70. The lowest BCUT2D eigenvalue weighted by atomic mass is 10.0. The van der Waals surface area contributed by atoms with Gasteiger partial charge in [-0.1, -0.05) is 11.2 Å². The summed E-state index contributed by atoms with van der Waals surface area (Å²) in [5.74, 6) is 1.55. The summed E-state index contributed by atoms with van der Waals surface area (Å²) in [6.07, 6.45) is 1.83. The van der Waals surface area contributed by atoms with Crippen molar-refractivity contribution in [3.05, 3.63) is 35.2 Å². The Labute approximate surface area is 175 Å². The SMILES string of the molecule is Cc1noc(C)c1S(=O)(=O)NCCC(=O)N1CCC[C@@H]1c1ccc2c(c1)OCCO2. The van der Waals surface area contributed by atoms with Crippen LogP contribution < -0.4 is 14.2 Å². The monoisotopic (exact) mass is 435 g/mol. The molecular weight excluding hydrogens is 410 g/mol. The Morgan fingerprint density at radius 2 is 2.00 bits per heavy atom. The van der Waals surface area contributed by atoms with Crippen molar-refractivity contribution in [1.82, 2.24) is 14.8 Å². The van der Waals surface area contributed by atoms with E-state index in [2.05, 4.69) is 9.88 Å². The Balaban J connectivity index is 1.40. The zero-order valence-electron chi connectivity index (χ0n) is 17.0. The third-order valence-electron chi connectivity index (χ3n) is 5.39. The van der Waals surface area contributed by atoms with Gasteiger partial charge in [-0.15, -0.1) is 0 Å². The number of rotatable bonds is 6. The standard InChI is InChI=1S/C20H25N3O6S/c1-13-20(14(2)29-22-13)30(25,26)21-8-7-19(24)23-9-3-4-16(23)15-5-6-17-18(12-15)28-11-10-27-17/h5-6,12,16,21H,3-4,7-11H2,1-2H3/t16-/m1/s1. The number of hydrogen-bond donors (Lipinski definition) is 1. The number of nitrogens with one attached hydrogen (secondary N) is 1. The van der Waals surface area contributed by atoms with Gasteiger partial charge in [0.1, 0.15) is 23.8 Å². The summed E-state index contributed by atoms with van der Waals surface area (Å²) in [4.78, 5) is 14.7. The number of ether oxygens (including phenoxy) is 2. The number of carbonyl (C=O) groups is 1. The lowest BCUT2D eigenvalue weighted by molar-refractivity contribution is -0.131. The molecule has 10 heteroatoms. The quantitative estimate of drug-likeness (QED) is 0.740. The second kappa shape index (κ2) is 8.27. The molecule has 30 heavy (non-hydrogen) atoms. The summed E-state index contributed by atoms with van der Waals surface area (Å²) in [7, 11) is -3.78. The summed E-state index contributed by atoms with van der Waals surface area (Å²) in [5.41, 5.74) is 1.30. The smallest absolute Gasteiger partial charge is 0.245 e. The highest BCUT2D eigenvalue weighted by Gasteiger charge is 2.31. The maximum Gasteiger partial charge on any atom is 0.245 e. The van der Waals surface area contributed by atoms with E-state index in [0.717, 1.165) is 24.2 Å². The van der Waals surface area contributed by atoms with Crippen LogP contribution in [0.1, 0.15) is 42.3 Å². The van der Waals surface area contributed by atoms with Crippen LogP contribution in [-0.2, 0) is 14.8 Å². The fourth-order valence-electron chi connectivity index (χ4n) is 4.05. The second-order valence-corrected chi connectivity index (χ2v) is 9.15. The molecule has 1 fully saturated rings. The van der Waals surface area contributed by atoms with Crippen LogP contribution >= 0.6 is 0 Å². The van der Waals surface area contributed by atoms with Crippen molar-refractivity contribution in [3.8, 4) is 11.5 Å². The van der Waals surface area contributed by atoms with Gasteiger partial charge in [0.05, 0.1) is 6.04 Å². The number of hydrogen-bond acceptors (Lipinski definition) is 7. The van der Waals surface area contributed by atoms with Crippen LogP contribution in [0.3, 0.4) is 0 Å². The first-order valence-corrected chi connectivity index (χ1v) is 11.5. The average molecular weight is 436 g/mol. The number of aromatic nitrogens is 1. The van der Waals surface area contributed by atoms with E-state index in [9.17, 15) is 13.2 Å². The number of carbonyl (C=O) groups excluding carboxylic acids is 1. The van der Waals surface area contributed by atoms with Crippen LogP contribution in [0.4, 0.5) is 0 Å². The predicted octanol–water partition coefficient (Wildman–Crippen LogP) is 2.09. The lowest BCUT2D eigenvalue weighted by Gasteiger charge is -2.27. The molecule has 1 aromatic carbocycles. The third-order valence-corrected chi connectivity index (χ3v) is 7.10. The van der Waals surface area contributed by atoms with Crippen LogP contribution in [0.5, 0.6) is 11.5 Å². The zero-order valence-corrected chi connectivity index (χ0v) is 17.8. The molecule has 162 valence electrons. The van der Waals surface area contributed by atoms with Gasteiger partial charge in [-0.05, 0) is 44.4 Å². The molecule has 0 saturated carbocycles. The third kappa shape index (κ3) is 4.01. The van der Waals surface area contributed by atoms with E-state index in [1.54, 1.807) is 13.8 Å². The first-order chi connectivity index (χ1) is 14.4. The summed E-state index contributed by atoms with van der Waals surface area (Å²) < 4.78 is 43.6. The minimum atomic E-state index is -3.78. The van der Waals surface area contributed by atoms with E-state index in [4.69, 9.17) is 14.0 Å². The number of amides is 1. The molecule has 0 radical (unpaired) electrons. The molecule has 0 aliphatic carbocycles. The van der Waals surface area contributed by atoms with Crippen molar-refractivity contribution < 1.29 is 27.2 Å². The van der Waals surface area contributed by atoms with Gasteiger partial charge in [-0.2, -0.15) is 0 Å². The highest BCUT2D eigenvalue weighted by atomic mass is 32.2. The van der Waals surface area contributed by atoms with Crippen molar-refractivity contribution in [2.45, 2.75) is 44.0 Å². The normalized spacial score (nSPS) is 18.6. The molecule has 1 amide bonds. The number of benzene rings is 1. The molecular formula is C20H25N3O6S. The fourth-order valence-corrected chi connectivity index (χ4v) is 5.40. The molecule has 1 N–H and O–H groups in total. The van der Waals surface area contributed by atoms with Crippen molar-refractivity contribution in [2.24, 2.45) is 0 Å². The molecule has 3 heterocycles. The molecule has 4 rings (SSSR count).